The van der Waals surface area contributed by atoms with Gasteiger partial charge in [0.2, 0.25) is 0 Å². The van der Waals surface area contributed by atoms with Crippen LogP contribution in [0.25, 0.3) is 0 Å². The summed E-state index contributed by atoms with van der Waals surface area (Å²) in [5.74, 6) is 0. The molecule has 0 unspecified atom stereocenters. The predicted molar refractivity (Wildman–Crippen MR) is 37.2 cm³/mol. The Bertz CT molecular complexity index is 16.0. The van der Waals surface area contributed by atoms with Crippen molar-refractivity contribution in [2.75, 3.05) is 0 Å². The van der Waals surface area contributed by atoms with Gasteiger partial charge in [-0.15, -0.1) is 0 Å². The fourth-order valence-electron chi connectivity index (χ4n) is 0. The van der Waals surface area contributed by atoms with Crippen molar-refractivity contribution in [1.82, 2.24) is 0 Å². The Morgan fingerprint density at radius 2 is 1.25 bits per heavy atom. The first-order valence-electron chi connectivity index (χ1n) is 0. The summed E-state index contributed by atoms with van der Waals surface area (Å²) in [6.45, 7) is 0. The zero-order valence-corrected chi connectivity index (χ0v) is 14.3. The summed E-state index contributed by atoms with van der Waals surface area (Å²) in [6, 6.07) is 0. The van der Waals surface area contributed by atoms with Crippen LogP contribution in [-0.4, -0.2) is 124 Å². The molecule has 0 N–H and O–H groups in total. The predicted octanol–water partition coefficient (Wildman–Crippen LogP) is -2.95. The second kappa shape index (κ2) is 15.8. The molecule has 0 amide bonds. The Balaban J connectivity index is 0. The van der Waals surface area contributed by atoms with Crippen LogP contribution in [0.15, 0.2) is 0 Å². The standard InChI is InChI=1S/Ba.Bi.Ca.H4Si.7H/h;;;1H4;;;;;;;/q+2;;+2;;;;;4*-1. The maximum atomic E-state index is 0. The molecule has 0 aliphatic rings. The van der Waals surface area contributed by atoms with Crippen LogP contribution in [0.1, 0.15) is 5.71 Å². The Labute approximate surface area is 126 Å². The topological polar surface area (TPSA) is 0 Å². The van der Waals surface area contributed by atoms with E-state index in [9.17, 15) is 0 Å². The molecule has 0 aromatic heterocycles. The van der Waals surface area contributed by atoms with E-state index in [0.717, 1.165) is 0 Å². The summed E-state index contributed by atoms with van der Waals surface area (Å²) < 4.78 is 0. The average molecular weight is 426 g/mol. The smallest absolute Gasteiger partial charge is 1.00 e. The minimum absolute atomic E-state index is 0. The zero-order chi connectivity index (χ0) is 0. The number of rotatable bonds is 0. The maximum absolute atomic E-state index is 0. The van der Waals surface area contributed by atoms with E-state index in [4.69, 9.17) is 0 Å². The second-order valence-corrected chi connectivity index (χ2v) is 0. The van der Waals surface area contributed by atoms with E-state index in [-0.39, 0.29) is 129 Å². The van der Waals surface area contributed by atoms with Crippen molar-refractivity contribution < 1.29 is 5.71 Å². The molecule has 0 bridgehead atoms. The van der Waals surface area contributed by atoms with Crippen LogP contribution in [0.5, 0.6) is 0 Å². The van der Waals surface area contributed by atoms with Crippen LogP contribution in [0.2, 0.25) is 0 Å². The molecule has 0 aromatic carbocycles. The van der Waals surface area contributed by atoms with E-state index in [0.29, 0.717) is 0 Å². The maximum Gasteiger partial charge on any atom is 2.00 e. The molecule has 0 aliphatic carbocycles. The molecule has 4 heteroatoms. The molecule has 0 fully saturated rings. The van der Waals surface area contributed by atoms with E-state index < -0.39 is 0 Å². The van der Waals surface area contributed by atoms with Crippen LogP contribution in [0, 0.1) is 0 Å². The van der Waals surface area contributed by atoms with Gasteiger partial charge in [-0.05, 0) is 11.0 Å². The molecular weight excluding hydrogens is 414 g/mol. The quantitative estimate of drug-likeness (QED) is 0.364. The molecule has 0 heterocycles. The summed E-state index contributed by atoms with van der Waals surface area (Å²) in [5, 5.41) is 0. The van der Waals surface area contributed by atoms with Gasteiger partial charge in [-0.3, -0.25) is 0 Å². The van der Waals surface area contributed by atoms with Crippen LogP contribution >= 0.6 is 0 Å². The molecule has 0 atom stereocenters. The first kappa shape index (κ1) is 24.7. The Hall–Kier alpha value is 3.93. The molecular formula is H11BaBiCaSi. The normalized spacial score (nSPS) is 0. The van der Waals surface area contributed by atoms with Gasteiger partial charge in [0.1, 0.15) is 0 Å². The monoisotopic (exact) mass is 426 g/mol. The third-order valence-corrected chi connectivity index (χ3v) is 0. The summed E-state index contributed by atoms with van der Waals surface area (Å²) in [7, 11) is 0. The summed E-state index contributed by atoms with van der Waals surface area (Å²) >= 11 is 0. The molecule has 0 spiro atoms. The molecule has 24 valence electrons. The van der Waals surface area contributed by atoms with Crippen molar-refractivity contribution in [2.45, 2.75) is 0 Å². The SMILES string of the molecule is [Ba+2].[BiH3].[Ca+2].[H-].[H-].[H-].[H-].[SiH4]. The molecule has 0 nitrogen and oxygen atoms in total. The molecule has 0 aliphatic heterocycles. The van der Waals surface area contributed by atoms with Crippen molar-refractivity contribution in [2.24, 2.45) is 0 Å². The molecule has 0 radical (unpaired) electrons. The average Bonchev–Trinajstić information content (AvgIpc) is 0. The second-order valence-electron chi connectivity index (χ2n) is 0. The van der Waals surface area contributed by atoms with Gasteiger partial charge >= 0.3 is 113 Å². The van der Waals surface area contributed by atoms with E-state index in [1.807, 2.05) is 0 Å². The van der Waals surface area contributed by atoms with Crippen molar-refractivity contribution >= 4 is 124 Å². The van der Waals surface area contributed by atoms with Crippen molar-refractivity contribution in [1.29, 1.82) is 0 Å². The minimum atomic E-state index is 0. The van der Waals surface area contributed by atoms with Crippen LogP contribution < -0.4 is 0 Å². The summed E-state index contributed by atoms with van der Waals surface area (Å²) in [4.78, 5) is 0. The third kappa shape index (κ3) is 9.33. The van der Waals surface area contributed by atoms with Gasteiger partial charge in [-0.2, -0.15) is 0 Å². The summed E-state index contributed by atoms with van der Waals surface area (Å²) in [6.07, 6.45) is 0. The first-order chi connectivity index (χ1) is 0. The van der Waals surface area contributed by atoms with Gasteiger partial charge in [0, 0.05) is 0 Å². The van der Waals surface area contributed by atoms with Gasteiger partial charge < -0.3 is 5.71 Å². The molecule has 0 aromatic rings. The van der Waals surface area contributed by atoms with Crippen molar-refractivity contribution in [3.63, 3.8) is 0 Å². The van der Waals surface area contributed by atoms with Gasteiger partial charge in [0.15, 0.2) is 0 Å². The Kier molecular flexibility index (Phi) is 97.3. The van der Waals surface area contributed by atoms with E-state index in [1.54, 1.807) is 0 Å². The van der Waals surface area contributed by atoms with Gasteiger partial charge in [0.05, 0.1) is 0 Å². The van der Waals surface area contributed by atoms with Gasteiger partial charge in [0.25, 0.3) is 0 Å². The van der Waals surface area contributed by atoms with E-state index >= 15 is 0 Å². The van der Waals surface area contributed by atoms with Gasteiger partial charge in [-0.25, -0.2) is 0 Å². The molecule has 0 saturated heterocycles. The molecule has 4 heavy (non-hydrogen) atoms. The Morgan fingerprint density at radius 1 is 1.25 bits per heavy atom. The third-order valence-electron chi connectivity index (χ3n) is 0. The van der Waals surface area contributed by atoms with Crippen LogP contribution in [0.4, 0.5) is 0 Å². The van der Waals surface area contributed by atoms with Crippen molar-refractivity contribution in [3.05, 3.63) is 0 Å². The molecule has 0 saturated carbocycles. The van der Waals surface area contributed by atoms with Crippen LogP contribution in [0.3, 0.4) is 0 Å². The Morgan fingerprint density at radius 3 is 1.25 bits per heavy atom. The fraction of sp³-hybridized carbons (Fsp3) is 0. The minimum Gasteiger partial charge on any atom is -1.00 e. The van der Waals surface area contributed by atoms with E-state index in [2.05, 4.69) is 0 Å². The zero-order valence-electron chi connectivity index (χ0n) is 6.12. The molecule has 0 rings (SSSR count). The number of hydrogen-bond donors (Lipinski definition) is 0. The largest absolute Gasteiger partial charge is 2.00 e. The fourth-order valence-corrected chi connectivity index (χ4v) is 0. The van der Waals surface area contributed by atoms with Gasteiger partial charge in [-0.1, -0.05) is 0 Å². The van der Waals surface area contributed by atoms with Crippen molar-refractivity contribution in [3.8, 4) is 0 Å². The van der Waals surface area contributed by atoms with E-state index in [1.165, 1.54) is 0 Å². The first-order valence-corrected chi connectivity index (χ1v) is 0. The van der Waals surface area contributed by atoms with Crippen LogP contribution in [-0.2, 0) is 0 Å². The summed E-state index contributed by atoms with van der Waals surface area (Å²) in [5.41, 5.74) is 0. The number of hydrogen-bond acceptors (Lipinski definition) is 0.